The van der Waals surface area contributed by atoms with E-state index < -0.39 is 11.4 Å². The number of rotatable bonds is 3. The zero-order valence-corrected chi connectivity index (χ0v) is 6.27. The molecule has 0 rings (SSSR count). The van der Waals surface area contributed by atoms with Gasteiger partial charge in [-0.15, -0.1) is 0 Å². The van der Waals surface area contributed by atoms with Crippen LogP contribution >= 0.6 is 0 Å². The standard InChI is InChI=1S/C7H14O2.Na.H/c1-4-5-7(2,3)6(8)9;;/h4-5H2,1-3H3,(H,8,9);;. The molecular formula is C7H15NaO2. The summed E-state index contributed by atoms with van der Waals surface area (Å²) in [6.07, 6.45) is 1.68. The monoisotopic (exact) mass is 154 g/mol. The van der Waals surface area contributed by atoms with E-state index in [2.05, 4.69) is 0 Å². The molecule has 3 heteroatoms. The fraction of sp³-hybridized carbons (Fsp3) is 0.857. The predicted octanol–water partition coefficient (Wildman–Crippen LogP) is 1.25. The molecule has 0 fully saturated rings. The van der Waals surface area contributed by atoms with E-state index in [4.69, 9.17) is 5.11 Å². The molecule has 0 saturated carbocycles. The van der Waals surface area contributed by atoms with Crippen LogP contribution in [0.1, 0.15) is 33.6 Å². The van der Waals surface area contributed by atoms with Crippen molar-refractivity contribution in [3.63, 3.8) is 0 Å². The first kappa shape index (κ1) is 13.1. The molecule has 0 heterocycles. The Balaban J connectivity index is 0. The van der Waals surface area contributed by atoms with Gasteiger partial charge in [0.25, 0.3) is 0 Å². The Morgan fingerprint density at radius 1 is 1.50 bits per heavy atom. The molecule has 0 unspecified atom stereocenters. The van der Waals surface area contributed by atoms with Crippen molar-refractivity contribution in [2.45, 2.75) is 33.6 Å². The van der Waals surface area contributed by atoms with Crippen LogP contribution < -0.4 is 0 Å². The Morgan fingerprint density at radius 3 is 2.00 bits per heavy atom. The van der Waals surface area contributed by atoms with Crippen LogP contribution in [0.3, 0.4) is 0 Å². The van der Waals surface area contributed by atoms with Gasteiger partial charge in [-0.3, -0.25) is 4.79 Å². The first-order chi connectivity index (χ1) is 4.00. The second-order valence-corrected chi connectivity index (χ2v) is 2.94. The third-order valence-corrected chi connectivity index (χ3v) is 1.45. The van der Waals surface area contributed by atoms with Crippen LogP contribution in [-0.4, -0.2) is 40.6 Å². The maximum absolute atomic E-state index is 10.4. The SMILES string of the molecule is CCCC(C)(C)C(=O)O.[NaH]. The van der Waals surface area contributed by atoms with Crippen molar-refractivity contribution in [1.82, 2.24) is 0 Å². The van der Waals surface area contributed by atoms with Crippen LogP contribution in [0.15, 0.2) is 0 Å². The van der Waals surface area contributed by atoms with E-state index >= 15 is 0 Å². The Morgan fingerprint density at radius 2 is 1.90 bits per heavy atom. The van der Waals surface area contributed by atoms with E-state index in [9.17, 15) is 4.79 Å². The molecule has 0 aromatic carbocycles. The quantitative estimate of drug-likeness (QED) is 0.621. The molecule has 10 heavy (non-hydrogen) atoms. The van der Waals surface area contributed by atoms with E-state index in [1.165, 1.54) is 0 Å². The molecule has 0 aromatic rings. The van der Waals surface area contributed by atoms with Crippen LogP contribution in [-0.2, 0) is 4.79 Å². The Labute approximate surface area is 84.3 Å². The van der Waals surface area contributed by atoms with E-state index in [1.54, 1.807) is 13.8 Å². The molecule has 0 aliphatic carbocycles. The van der Waals surface area contributed by atoms with Crippen molar-refractivity contribution in [2.75, 3.05) is 0 Å². The molecule has 0 aliphatic rings. The van der Waals surface area contributed by atoms with Gasteiger partial charge in [-0.05, 0) is 20.3 Å². The van der Waals surface area contributed by atoms with Crippen LogP contribution in [0.2, 0.25) is 0 Å². The van der Waals surface area contributed by atoms with E-state index in [0.717, 1.165) is 12.8 Å². The summed E-state index contributed by atoms with van der Waals surface area (Å²) in [7, 11) is 0. The van der Waals surface area contributed by atoms with Gasteiger partial charge in [0.15, 0.2) is 0 Å². The number of hydrogen-bond donors (Lipinski definition) is 1. The summed E-state index contributed by atoms with van der Waals surface area (Å²) < 4.78 is 0. The molecule has 0 aromatic heterocycles. The number of carboxylic acid groups (broad SMARTS) is 1. The molecule has 0 atom stereocenters. The Kier molecular flexibility index (Phi) is 6.76. The summed E-state index contributed by atoms with van der Waals surface area (Å²) in [6.45, 7) is 5.49. The van der Waals surface area contributed by atoms with Crippen LogP contribution in [0.5, 0.6) is 0 Å². The third-order valence-electron chi connectivity index (χ3n) is 1.45. The van der Waals surface area contributed by atoms with Crippen molar-refractivity contribution in [3.05, 3.63) is 0 Å². The number of carboxylic acids is 1. The van der Waals surface area contributed by atoms with E-state index in [0.29, 0.717) is 0 Å². The zero-order valence-electron chi connectivity index (χ0n) is 6.27. The van der Waals surface area contributed by atoms with Crippen LogP contribution in [0.25, 0.3) is 0 Å². The average molecular weight is 154 g/mol. The third kappa shape index (κ3) is 4.31. The number of hydrogen-bond acceptors (Lipinski definition) is 1. The number of aliphatic carboxylic acids is 1. The molecule has 0 spiro atoms. The van der Waals surface area contributed by atoms with Gasteiger partial charge in [0.05, 0.1) is 5.41 Å². The molecule has 0 radical (unpaired) electrons. The maximum atomic E-state index is 10.4. The average Bonchev–Trinajstić information content (AvgIpc) is 1.65. The van der Waals surface area contributed by atoms with Crippen molar-refractivity contribution in [1.29, 1.82) is 0 Å². The minimum atomic E-state index is -0.704. The molecule has 0 saturated heterocycles. The Hall–Kier alpha value is 0.470. The van der Waals surface area contributed by atoms with Gasteiger partial charge in [0.1, 0.15) is 0 Å². The first-order valence-electron chi connectivity index (χ1n) is 3.24. The zero-order chi connectivity index (χ0) is 7.49. The van der Waals surface area contributed by atoms with Gasteiger partial charge in [-0.25, -0.2) is 0 Å². The van der Waals surface area contributed by atoms with Crippen molar-refractivity contribution >= 4 is 35.5 Å². The molecule has 56 valence electrons. The number of carbonyl (C=O) groups is 1. The summed E-state index contributed by atoms with van der Waals surface area (Å²) in [4.78, 5) is 10.4. The molecule has 2 nitrogen and oxygen atoms in total. The van der Waals surface area contributed by atoms with E-state index in [-0.39, 0.29) is 29.6 Å². The minimum absolute atomic E-state index is 0. The van der Waals surface area contributed by atoms with Gasteiger partial charge in [-0.2, -0.15) is 0 Å². The summed E-state index contributed by atoms with van der Waals surface area (Å²) in [5.74, 6) is -0.704. The summed E-state index contributed by atoms with van der Waals surface area (Å²) in [5, 5.41) is 8.57. The van der Waals surface area contributed by atoms with Gasteiger partial charge in [0, 0.05) is 0 Å². The van der Waals surface area contributed by atoms with Gasteiger partial charge < -0.3 is 5.11 Å². The Bertz CT molecular complexity index is 110. The van der Waals surface area contributed by atoms with Crippen LogP contribution in [0.4, 0.5) is 0 Å². The topological polar surface area (TPSA) is 37.3 Å². The molecule has 0 bridgehead atoms. The van der Waals surface area contributed by atoms with Gasteiger partial charge in [-0.1, -0.05) is 13.3 Å². The predicted molar refractivity (Wildman–Crippen MR) is 43.5 cm³/mol. The van der Waals surface area contributed by atoms with Gasteiger partial charge in [0.2, 0.25) is 0 Å². The van der Waals surface area contributed by atoms with E-state index in [1.807, 2.05) is 6.92 Å². The fourth-order valence-electron chi connectivity index (χ4n) is 0.732. The normalized spacial score (nSPS) is 10.3. The summed E-state index contributed by atoms with van der Waals surface area (Å²) >= 11 is 0. The molecular weight excluding hydrogens is 139 g/mol. The van der Waals surface area contributed by atoms with Crippen LogP contribution in [0, 0.1) is 5.41 Å². The second-order valence-electron chi connectivity index (χ2n) is 2.94. The molecule has 1 N–H and O–H groups in total. The molecule has 0 amide bonds. The van der Waals surface area contributed by atoms with Crippen molar-refractivity contribution in [3.8, 4) is 0 Å². The summed E-state index contributed by atoms with van der Waals surface area (Å²) in [5.41, 5.74) is -0.533. The van der Waals surface area contributed by atoms with Crippen molar-refractivity contribution in [2.24, 2.45) is 5.41 Å². The second kappa shape index (κ2) is 5.16. The fourth-order valence-corrected chi connectivity index (χ4v) is 0.732. The molecule has 0 aliphatic heterocycles. The first-order valence-corrected chi connectivity index (χ1v) is 3.24. The van der Waals surface area contributed by atoms with Gasteiger partial charge >= 0.3 is 35.5 Å². The van der Waals surface area contributed by atoms with Crippen molar-refractivity contribution < 1.29 is 9.90 Å². The summed E-state index contributed by atoms with van der Waals surface area (Å²) in [6, 6.07) is 0.